The molecule has 112 valence electrons. The summed E-state index contributed by atoms with van der Waals surface area (Å²) < 4.78 is 5.71. The molecule has 23 heavy (non-hydrogen) atoms. The molecule has 0 N–H and O–H groups in total. The molecule has 0 heterocycles. The van der Waals surface area contributed by atoms with E-state index in [1.54, 1.807) is 7.11 Å². The van der Waals surface area contributed by atoms with E-state index >= 15 is 0 Å². The lowest BCUT2D eigenvalue weighted by molar-refractivity contribution is 0.417. The van der Waals surface area contributed by atoms with Crippen molar-refractivity contribution in [1.29, 1.82) is 0 Å². The highest BCUT2D eigenvalue weighted by Crippen LogP contribution is 2.42. The Morgan fingerprint density at radius 3 is 1.83 bits per heavy atom. The third kappa shape index (κ3) is 2.17. The molecule has 0 spiro atoms. The molecule has 0 atom stereocenters. The predicted molar refractivity (Wildman–Crippen MR) is 98.2 cm³/mol. The van der Waals surface area contributed by atoms with Gasteiger partial charge in [-0.15, -0.1) is 0 Å². The van der Waals surface area contributed by atoms with E-state index in [2.05, 4.69) is 79.7 Å². The third-order valence-electron chi connectivity index (χ3n) is 4.50. The number of hydrogen-bond donors (Lipinski definition) is 0. The van der Waals surface area contributed by atoms with Crippen molar-refractivity contribution in [3.05, 3.63) is 78.4 Å². The molecular formula is C22H18O. The van der Waals surface area contributed by atoms with E-state index in [9.17, 15) is 0 Å². The van der Waals surface area contributed by atoms with Crippen LogP contribution in [-0.4, -0.2) is 7.11 Å². The summed E-state index contributed by atoms with van der Waals surface area (Å²) in [5.74, 6) is 0.920. The quantitative estimate of drug-likeness (QED) is 0.442. The van der Waals surface area contributed by atoms with Gasteiger partial charge in [-0.05, 0) is 45.7 Å². The van der Waals surface area contributed by atoms with Crippen LogP contribution < -0.4 is 4.74 Å². The lowest BCUT2D eigenvalue weighted by Gasteiger charge is -2.17. The molecule has 0 radical (unpaired) electrons. The predicted octanol–water partition coefficient (Wildman–Crippen LogP) is 5.98. The summed E-state index contributed by atoms with van der Waals surface area (Å²) in [6.07, 6.45) is 0. The monoisotopic (exact) mass is 298 g/mol. The molecule has 0 saturated carbocycles. The first-order chi connectivity index (χ1) is 11.3. The van der Waals surface area contributed by atoms with Gasteiger partial charge in [-0.25, -0.2) is 0 Å². The Balaban J connectivity index is 2.21. The summed E-state index contributed by atoms with van der Waals surface area (Å²) in [7, 11) is 1.74. The Morgan fingerprint density at radius 2 is 1.17 bits per heavy atom. The van der Waals surface area contributed by atoms with E-state index in [1.807, 2.05) is 0 Å². The molecule has 0 saturated heterocycles. The van der Waals surface area contributed by atoms with Crippen molar-refractivity contribution in [2.45, 2.75) is 6.92 Å². The van der Waals surface area contributed by atoms with Crippen molar-refractivity contribution in [2.75, 3.05) is 7.11 Å². The maximum absolute atomic E-state index is 5.71. The van der Waals surface area contributed by atoms with Gasteiger partial charge in [0, 0.05) is 5.56 Å². The van der Waals surface area contributed by atoms with Gasteiger partial charge in [0.2, 0.25) is 0 Å². The average molecular weight is 298 g/mol. The summed E-state index contributed by atoms with van der Waals surface area (Å²) in [6, 6.07) is 25.6. The molecule has 1 heteroatoms. The minimum absolute atomic E-state index is 0.920. The Kier molecular flexibility index (Phi) is 3.27. The van der Waals surface area contributed by atoms with Gasteiger partial charge in [0.1, 0.15) is 5.75 Å². The van der Waals surface area contributed by atoms with Crippen LogP contribution in [0.15, 0.2) is 72.8 Å². The van der Waals surface area contributed by atoms with Crippen molar-refractivity contribution in [1.82, 2.24) is 0 Å². The average Bonchev–Trinajstić information content (AvgIpc) is 2.61. The molecule has 0 fully saturated rings. The van der Waals surface area contributed by atoms with Gasteiger partial charge in [-0.1, -0.05) is 66.7 Å². The van der Waals surface area contributed by atoms with Gasteiger partial charge in [0.15, 0.2) is 0 Å². The normalized spacial score (nSPS) is 11.0. The summed E-state index contributed by atoms with van der Waals surface area (Å²) in [4.78, 5) is 0. The second kappa shape index (κ2) is 5.44. The van der Waals surface area contributed by atoms with E-state index in [1.165, 1.54) is 38.2 Å². The molecule has 0 bridgehead atoms. The van der Waals surface area contributed by atoms with Gasteiger partial charge in [-0.2, -0.15) is 0 Å². The molecule has 4 aromatic rings. The summed E-state index contributed by atoms with van der Waals surface area (Å²) in [5.41, 5.74) is 3.70. The maximum atomic E-state index is 5.71. The van der Waals surface area contributed by atoms with Crippen LogP contribution >= 0.6 is 0 Å². The molecular weight excluding hydrogens is 280 g/mol. The van der Waals surface area contributed by atoms with Gasteiger partial charge in [0.05, 0.1) is 7.11 Å². The Hall–Kier alpha value is -2.80. The third-order valence-corrected chi connectivity index (χ3v) is 4.50. The second-order valence-electron chi connectivity index (χ2n) is 5.84. The van der Waals surface area contributed by atoms with E-state index < -0.39 is 0 Å². The number of aryl methyl sites for hydroxylation is 1. The van der Waals surface area contributed by atoms with E-state index in [0.717, 1.165) is 5.75 Å². The van der Waals surface area contributed by atoms with Gasteiger partial charge >= 0.3 is 0 Å². The number of methoxy groups -OCH3 is 1. The van der Waals surface area contributed by atoms with E-state index in [4.69, 9.17) is 4.74 Å². The Labute approximate surface area is 136 Å². The Morgan fingerprint density at radius 1 is 0.609 bits per heavy atom. The van der Waals surface area contributed by atoms with Crippen molar-refractivity contribution >= 4 is 21.5 Å². The van der Waals surface area contributed by atoms with Crippen molar-refractivity contribution in [3.8, 4) is 16.9 Å². The Bertz CT molecular complexity index is 1010. The summed E-state index contributed by atoms with van der Waals surface area (Å²) in [6.45, 7) is 2.17. The lowest BCUT2D eigenvalue weighted by Crippen LogP contribution is -1.93. The lowest BCUT2D eigenvalue weighted by atomic mass is 9.90. The molecule has 4 aromatic carbocycles. The van der Waals surface area contributed by atoms with Crippen LogP contribution in [-0.2, 0) is 0 Å². The van der Waals surface area contributed by atoms with Crippen molar-refractivity contribution < 1.29 is 4.74 Å². The van der Waals surface area contributed by atoms with Gasteiger partial charge < -0.3 is 4.74 Å². The van der Waals surface area contributed by atoms with Crippen molar-refractivity contribution in [3.63, 3.8) is 0 Å². The van der Waals surface area contributed by atoms with E-state index in [-0.39, 0.29) is 0 Å². The fraction of sp³-hybridized carbons (Fsp3) is 0.0909. The first kappa shape index (κ1) is 13.8. The summed E-state index contributed by atoms with van der Waals surface area (Å²) in [5, 5.41) is 4.98. The van der Waals surface area contributed by atoms with Crippen LogP contribution in [0.3, 0.4) is 0 Å². The highest BCUT2D eigenvalue weighted by Gasteiger charge is 2.15. The molecule has 0 unspecified atom stereocenters. The number of fused-ring (bicyclic) bond motifs is 2. The molecule has 0 aliphatic rings. The van der Waals surface area contributed by atoms with Gasteiger partial charge in [-0.3, -0.25) is 0 Å². The largest absolute Gasteiger partial charge is 0.496 e. The first-order valence-corrected chi connectivity index (χ1v) is 7.84. The fourth-order valence-corrected chi connectivity index (χ4v) is 3.39. The van der Waals surface area contributed by atoms with Crippen LogP contribution in [0.2, 0.25) is 0 Å². The molecule has 0 aromatic heterocycles. The maximum Gasteiger partial charge on any atom is 0.127 e. The van der Waals surface area contributed by atoms with Crippen LogP contribution in [0, 0.1) is 6.92 Å². The fourth-order valence-electron chi connectivity index (χ4n) is 3.39. The zero-order valence-electron chi connectivity index (χ0n) is 13.3. The molecule has 1 nitrogen and oxygen atoms in total. The first-order valence-electron chi connectivity index (χ1n) is 7.84. The van der Waals surface area contributed by atoms with Crippen LogP contribution in [0.25, 0.3) is 32.7 Å². The van der Waals surface area contributed by atoms with Crippen LogP contribution in [0.1, 0.15) is 5.56 Å². The zero-order valence-corrected chi connectivity index (χ0v) is 13.3. The summed E-state index contributed by atoms with van der Waals surface area (Å²) >= 11 is 0. The molecule has 4 rings (SSSR count). The SMILES string of the molecule is COc1ccc2ccccc2c1-c1c(C)ccc2ccccc12. The minimum atomic E-state index is 0.920. The number of rotatable bonds is 2. The smallest absolute Gasteiger partial charge is 0.127 e. The highest BCUT2D eigenvalue weighted by atomic mass is 16.5. The number of ether oxygens (including phenoxy) is 1. The highest BCUT2D eigenvalue weighted by molar-refractivity contribution is 6.08. The topological polar surface area (TPSA) is 9.23 Å². The van der Waals surface area contributed by atoms with E-state index in [0.29, 0.717) is 0 Å². The number of benzene rings is 4. The number of hydrogen-bond acceptors (Lipinski definition) is 1. The van der Waals surface area contributed by atoms with Gasteiger partial charge in [0.25, 0.3) is 0 Å². The molecule has 0 amide bonds. The molecule has 0 aliphatic carbocycles. The molecule has 0 aliphatic heterocycles. The zero-order chi connectivity index (χ0) is 15.8. The van der Waals surface area contributed by atoms with Crippen LogP contribution in [0.4, 0.5) is 0 Å². The van der Waals surface area contributed by atoms with Crippen LogP contribution in [0.5, 0.6) is 5.75 Å². The second-order valence-corrected chi connectivity index (χ2v) is 5.84. The standard InChI is InChI=1S/C22H18O/c1-15-11-12-16-7-3-5-9-18(16)21(15)22-19-10-6-4-8-17(19)13-14-20(22)23-2/h3-14H,1-2H3. The minimum Gasteiger partial charge on any atom is -0.496 e. The van der Waals surface area contributed by atoms with Crippen molar-refractivity contribution in [2.24, 2.45) is 0 Å².